The first-order valence-corrected chi connectivity index (χ1v) is 9.03. The fraction of sp³-hybridized carbons (Fsp3) is 0.316. The molecule has 3 nitrogen and oxygen atoms in total. The molecular formula is C19H23ClN2OS. The molecule has 0 aliphatic carbocycles. The molecule has 2 aromatic rings. The molecule has 0 radical (unpaired) electrons. The number of benzene rings is 1. The van der Waals surface area contributed by atoms with Crippen LogP contribution in [0.1, 0.15) is 21.6 Å². The highest BCUT2D eigenvalue weighted by Gasteiger charge is 2.13. The van der Waals surface area contributed by atoms with Gasteiger partial charge in [-0.2, -0.15) is 0 Å². The Morgan fingerprint density at radius 3 is 2.50 bits per heavy atom. The molecule has 0 bridgehead atoms. The van der Waals surface area contributed by atoms with Crippen LogP contribution in [0.15, 0.2) is 36.9 Å². The quantitative estimate of drug-likeness (QED) is 0.706. The van der Waals surface area contributed by atoms with Crippen molar-refractivity contribution in [3.05, 3.63) is 62.8 Å². The fourth-order valence-electron chi connectivity index (χ4n) is 2.78. The van der Waals surface area contributed by atoms with E-state index in [1.165, 1.54) is 16.9 Å². The summed E-state index contributed by atoms with van der Waals surface area (Å²) in [6.45, 7) is 11.5. The third-order valence-electron chi connectivity index (χ3n) is 3.70. The monoisotopic (exact) mass is 362 g/mol. The second-order valence-corrected chi connectivity index (χ2v) is 7.79. The van der Waals surface area contributed by atoms with Crippen molar-refractivity contribution in [1.29, 1.82) is 0 Å². The van der Waals surface area contributed by atoms with Crippen LogP contribution in [0.3, 0.4) is 0 Å². The molecule has 1 amide bonds. The van der Waals surface area contributed by atoms with E-state index in [1.807, 2.05) is 37.0 Å². The van der Waals surface area contributed by atoms with E-state index in [4.69, 9.17) is 11.6 Å². The van der Waals surface area contributed by atoms with Crippen LogP contribution in [0.4, 0.5) is 5.69 Å². The molecule has 1 heterocycles. The minimum atomic E-state index is -0.0189. The van der Waals surface area contributed by atoms with Crippen molar-refractivity contribution in [2.75, 3.05) is 18.4 Å². The highest BCUT2D eigenvalue weighted by molar-refractivity contribution is 7.16. The zero-order chi connectivity index (χ0) is 17.7. The molecule has 0 aliphatic heterocycles. The van der Waals surface area contributed by atoms with Crippen molar-refractivity contribution in [2.45, 2.75) is 27.3 Å². The van der Waals surface area contributed by atoms with Crippen LogP contribution in [0.2, 0.25) is 4.34 Å². The molecule has 0 spiro atoms. The summed E-state index contributed by atoms with van der Waals surface area (Å²) in [7, 11) is 0. The van der Waals surface area contributed by atoms with E-state index in [0.29, 0.717) is 19.6 Å². The average Bonchev–Trinajstić information content (AvgIpc) is 2.88. The smallest absolute Gasteiger partial charge is 0.238 e. The highest BCUT2D eigenvalue weighted by Crippen LogP contribution is 2.24. The lowest BCUT2D eigenvalue weighted by atomic mass is 10.1. The molecule has 0 atom stereocenters. The van der Waals surface area contributed by atoms with Crippen LogP contribution in [0, 0.1) is 20.8 Å². The van der Waals surface area contributed by atoms with Gasteiger partial charge in [-0.05, 0) is 44.0 Å². The van der Waals surface area contributed by atoms with Crippen LogP contribution in [0.5, 0.6) is 0 Å². The molecule has 128 valence electrons. The van der Waals surface area contributed by atoms with Crippen molar-refractivity contribution < 1.29 is 4.79 Å². The summed E-state index contributed by atoms with van der Waals surface area (Å²) in [6.07, 6.45) is 1.81. The second-order valence-electron chi connectivity index (χ2n) is 5.99. The predicted octanol–water partition coefficient (Wildman–Crippen LogP) is 4.95. The third-order valence-corrected chi connectivity index (χ3v) is 4.92. The number of halogens is 1. The van der Waals surface area contributed by atoms with Gasteiger partial charge in [0.2, 0.25) is 5.91 Å². The van der Waals surface area contributed by atoms with E-state index in [1.54, 1.807) is 0 Å². The van der Waals surface area contributed by atoms with Gasteiger partial charge in [-0.25, -0.2) is 0 Å². The van der Waals surface area contributed by atoms with Gasteiger partial charge < -0.3 is 5.32 Å². The number of anilines is 1. The normalized spacial score (nSPS) is 10.9. The lowest BCUT2D eigenvalue weighted by Gasteiger charge is -2.20. The van der Waals surface area contributed by atoms with E-state index >= 15 is 0 Å². The SMILES string of the molecule is C=CCN(CC(=O)Nc1c(C)cc(C)cc1C)Cc1ccc(Cl)s1. The van der Waals surface area contributed by atoms with Crippen molar-refractivity contribution >= 4 is 34.5 Å². The Labute approximate surface area is 152 Å². The van der Waals surface area contributed by atoms with E-state index in [2.05, 4.69) is 31.0 Å². The van der Waals surface area contributed by atoms with Gasteiger partial charge in [0.15, 0.2) is 0 Å². The molecule has 2 rings (SSSR count). The lowest BCUT2D eigenvalue weighted by molar-refractivity contribution is -0.117. The Morgan fingerprint density at radius 2 is 1.96 bits per heavy atom. The Balaban J connectivity index is 2.04. The van der Waals surface area contributed by atoms with Crippen molar-refractivity contribution in [1.82, 2.24) is 4.90 Å². The number of hydrogen-bond acceptors (Lipinski definition) is 3. The van der Waals surface area contributed by atoms with Gasteiger partial charge in [-0.1, -0.05) is 35.4 Å². The van der Waals surface area contributed by atoms with E-state index in [-0.39, 0.29) is 5.91 Å². The maximum absolute atomic E-state index is 12.5. The van der Waals surface area contributed by atoms with Gasteiger partial charge >= 0.3 is 0 Å². The number of nitrogens with one attached hydrogen (secondary N) is 1. The van der Waals surface area contributed by atoms with Crippen LogP contribution >= 0.6 is 22.9 Å². The topological polar surface area (TPSA) is 32.3 Å². The van der Waals surface area contributed by atoms with Gasteiger partial charge in [0.1, 0.15) is 0 Å². The van der Waals surface area contributed by atoms with Gasteiger partial charge in [0.05, 0.1) is 10.9 Å². The van der Waals surface area contributed by atoms with Crippen molar-refractivity contribution in [3.63, 3.8) is 0 Å². The number of rotatable bonds is 7. The first kappa shape index (κ1) is 18.7. The number of thiophene rings is 1. The lowest BCUT2D eigenvalue weighted by Crippen LogP contribution is -2.33. The average molecular weight is 363 g/mol. The minimum absolute atomic E-state index is 0.0189. The largest absolute Gasteiger partial charge is 0.324 e. The molecule has 1 aromatic carbocycles. The van der Waals surface area contributed by atoms with Crippen molar-refractivity contribution in [3.8, 4) is 0 Å². The predicted molar refractivity (Wildman–Crippen MR) is 104 cm³/mol. The van der Waals surface area contributed by atoms with Gasteiger partial charge in [-0.15, -0.1) is 17.9 Å². The molecule has 1 N–H and O–H groups in total. The van der Waals surface area contributed by atoms with Gasteiger partial charge in [0.25, 0.3) is 0 Å². The summed E-state index contributed by atoms with van der Waals surface area (Å²) in [5.74, 6) is -0.0189. The molecule has 24 heavy (non-hydrogen) atoms. The molecule has 5 heteroatoms. The maximum atomic E-state index is 12.5. The number of amides is 1. The maximum Gasteiger partial charge on any atom is 0.238 e. The molecular weight excluding hydrogens is 340 g/mol. The molecule has 0 saturated heterocycles. The summed E-state index contributed by atoms with van der Waals surface area (Å²) in [4.78, 5) is 15.7. The molecule has 0 aliphatic rings. The van der Waals surface area contributed by atoms with E-state index < -0.39 is 0 Å². The zero-order valence-electron chi connectivity index (χ0n) is 14.4. The van der Waals surface area contributed by atoms with Crippen LogP contribution in [-0.2, 0) is 11.3 Å². The Hall–Kier alpha value is -1.62. The summed E-state index contributed by atoms with van der Waals surface area (Å²) in [5.41, 5.74) is 4.27. The number of nitrogens with zero attached hydrogens (tertiary/aromatic N) is 1. The van der Waals surface area contributed by atoms with Gasteiger partial charge in [-0.3, -0.25) is 9.69 Å². The van der Waals surface area contributed by atoms with Gasteiger partial charge in [0, 0.05) is 23.7 Å². The van der Waals surface area contributed by atoms with Crippen LogP contribution < -0.4 is 5.32 Å². The minimum Gasteiger partial charge on any atom is -0.324 e. The highest BCUT2D eigenvalue weighted by atomic mass is 35.5. The number of aryl methyl sites for hydroxylation is 3. The summed E-state index contributed by atoms with van der Waals surface area (Å²) < 4.78 is 0.763. The molecule has 0 saturated carbocycles. The Bertz CT molecular complexity index is 716. The fourth-order valence-corrected chi connectivity index (χ4v) is 3.91. The Kier molecular flexibility index (Phi) is 6.60. The number of carbonyl (C=O) groups is 1. The summed E-state index contributed by atoms with van der Waals surface area (Å²) >= 11 is 7.52. The third kappa shape index (κ3) is 5.20. The number of carbonyl (C=O) groups excluding carboxylic acids is 1. The molecule has 0 unspecified atom stereocenters. The first-order valence-electron chi connectivity index (χ1n) is 7.84. The number of hydrogen-bond donors (Lipinski definition) is 1. The summed E-state index contributed by atoms with van der Waals surface area (Å²) in [5, 5.41) is 3.05. The molecule has 1 aromatic heterocycles. The second kappa shape index (κ2) is 8.47. The molecule has 0 fully saturated rings. The van der Waals surface area contributed by atoms with E-state index in [9.17, 15) is 4.79 Å². The first-order chi connectivity index (χ1) is 11.4. The summed E-state index contributed by atoms with van der Waals surface area (Å²) in [6, 6.07) is 8.04. The Morgan fingerprint density at radius 1 is 1.29 bits per heavy atom. The van der Waals surface area contributed by atoms with Crippen molar-refractivity contribution in [2.24, 2.45) is 0 Å². The zero-order valence-corrected chi connectivity index (χ0v) is 15.9. The van der Waals surface area contributed by atoms with Crippen LogP contribution in [0.25, 0.3) is 0 Å². The van der Waals surface area contributed by atoms with E-state index in [0.717, 1.165) is 26.0 Å². The standard InChI is InChI=1S/C19H23ClN2OS/c1-5-8-22(11-16-6-7-17(20)24-16)12-18(23)21-19-14(3)9-13(2)10-15(19)4/h5-7,9-10H,1,8,11-12H2,2-4H3,(H,21,23). The van der Waals surface area contributed by atoms with Crippen LogP contribution in [-0.4, -0.2) is 23.9 Å².